The van der Waals surface area contributed by atoms with Crippen LogP contribution in [0.25, 0.3) is 0 Å². The molecule has 0 unspecified atom stereocenters. The Bertz CT molecular complexity index is 814. The highest BCUT2D eigenvalue weighted by atomic mass is 19.1. The molecule has 2 N–H and O–H groups in total. The van der Waals surface area contributed by atoms with E-state index in [0.717, 1.165) is 0 Å². The summed E-state index contributed by atoms with van der Waals surface area (Å²) in [6.45, 7) is 0.203. The Kier molecular flexibility index (Phi) is 3.95. The fourth-order valence-corrected chi connectivity index (χ4v) is 1.95. The van der Waals surface area contributed by atoms with Gasteiger partial charge in [-0.3, -0.25) is 9.78 Å². The molecule has 6 nitrogen and oxygen atoms in total. The van der Waals surface area contributed by atoms with E-state index >= 15 is 0 Å². The third-order valence-electron chi connectivity index (χ3n) is 3.09. The van der Waals surface area contributed by atoms with E-state index in [1.807, 2.05) is 0 Å². The molecule has 0 saturated carbocycles. The number of hydrogen-bond acceptors (Lipinski definition) is 5. The zero-order chi connectivity index (χ0) is 15.4. The Morgan fingerprint density at radius 2 is 2.05 bits per heavy atom. The Balaban J connectivity index is 1.69. The molecule has 0 saturated heterocycles. The monoisotopic (exact) mass is 300 g/mol. The van der Waals surface area contributed by atoms with E-state index in [0.29, 0.717) is 11.3 Å². The summed E-state index contributed by atoms with van der Waals surface area (Å²) in [5.74, 6) is 0.503. The highest BCUT2D eigenvalue weighted by Crippen LogP contribution is 2.08. The van der Waals surface area contributed by atoms with Crippen LogP contribution < -0.4 is 10.9 Å². The number of halogens is 1. The van der Waals surface area contributed by atoms with Crippen molar-refractivity contribution in [2.75, 3.05) is 5.32 Å². The Labute approximate surface area is 125 Å². The van der Waals surface area contributed by atoms with Crippen LogP contribution in [-0.4, -0.2) is 15.2 Å². The zero-order valence-electron chi connectivity index (χ0n) is 11.5. The third-order valence-corrected chi connectivity index (χ3v) is 3.09. The number of rotatable bonds is 5. The Hall–Kier alpha value is -2.96. The van der Waals surface area contributed by atoms with Crippen molar-refractivity contribution >= 4 is 5.95 Å². The molecule has 0 spiro atoms. The minimum Gasteiger partial charge on any atom is -0.469 e. The first-order chi connectivity index (χ1) is 10.7. The van der Waals surface area contributed by atoms with E-state index in [9.17, 15) is 9.18 Å². The molecule has 0 aliphatic rings. The lowest BCUT2D eigenvalue weighted by Crippen LogP contribution is -2.19. The van der Waals surface area contributed by atoms with Crippen LogP contribution in [0, 0.1) is 5.82 Å². The minimum atomic E-state index is -0.359. The average Bonchev–Trinajstić information content (AvgIpc) is 3.02. The third kappa shape index (κ3) is 3.20. The van der Waals surface area contributed by atoms with Crippen molar-refractivity contribution in [3.8, 4) is 0 Å². The highest BCUT2D eigenvalue weighted by Gasteiger charge is 2.08. The molecule has 2 aromatic heterocycles. The molecular formula is C15H13FN4O2. The van der Waals surface area contributed by atoms with Crippen molar-refractivity contribution in [2.24, 2.45) is 0 Å². The molecule has 112 valence electrons. The molecule has 2 heterocycles. The van der Waals surface area contributed by atoms with E-state index < -0.39 is 0 Å². The maximum absolute atomic E-state index is 13.5. The van der Waals surface area contributed by atoms with Crippen LogP contribution in [-0.2, 0) is 13.0 Å². The predicted molar refractivity (Wildman–Crippen MR) is 77.9 cm³/mol. The minimum absolute atomic E-state index is 0.191. The van der Waals surface area contributed by atoms with Crippen LogP contribution in [0.5, 0.6) is 0 Å². The first-order valence-electron chi connectivity index (χ1n) is 6.68. The number of aromatic amines is 1. The van der Waals surface area contributed by atoms with E-state index in [2.05, 4.69) is 20.5 Å². The summed E-state index contributed by atoms with van der Waals surface area (Å²) in [4.78, 5) is 14.5. The van der Waals surface area contributed by atoms with E-state index in [1.54, 1.807) is 30.3 Å². The average molecular weight is 300 g/mol. The summed E-state index contributed by atoms with van der Waals surface area (Å²) in [5, 5.41) is 10.6. The molecular weight excluding hydrogens is 287 g/mol. The zero-order valence-corrected chi connectivity index (χ0v) is 11.5. The normalized spacial score (nSPS) is 10.6. The van der Waals surface area contributed by atoms with Crippen molar-refractivity contribution in [1.82, 2.24) is 15.2 Å². The maximum atomic E-state index is 13.5. The second-order valence-electron chi connectivity index (χ2n) is 4.65. The van der Waals surface area contributed by atoms with Gasteiger partial charge in [0.25, 0.3) is 5.56 Å². The predicted octanol–water partition coefficient (Wildman–Crippen LogP) is 2.10. The summed E-state index contributed by atoms with van der Waals surface area (Å²) in [5.41, 5.74) is 0.374. The summed E-state index contributed by atoms with van der Waals surface area (Å²) in [6.07, 6.45) is 1.80. The van der Waals surface area contributed by atoms with Crippen molar-refractivity contribution in [1.29, 1.82) is 0 Å². The van der Waals surface area contributed by atoms with Crippen LogP contribution >= 0.6 is 0 Å². The molecule has 0 atom stereocenters. The van der Waals surface area contributed by atoms with Crippen molar-refractivity contribution < 1.29 is 8.81 Å². The quantitative estimate of drug-likeness (QED) is 0.754. The Morgan fingerprint density at radius 1 is 1.18 bits per heavy atom. The van der Waals surface area contributed by atoms with Gasteiger partial charge in [-0.15, -0.1) is 10.2 Å². The molecule has 1 aromatic carbocycles. The Morgan fingerprint density at radius 3 is 2.77 bits per heavy atom. The molecule has 7 heteroatoms. The molecule has 0 bridgehead atoms. The number of benzene rings is 1. The lowest BCUT2D eigenvalue weighted by molar-refractivity contribution is 0.517. The summed E-state index contributed by atoms with van der Waals surface area (Å²) < 4.78 is 18.7. The van der Waals surface area contributed by atoms with Crippen LogP contribution in [0.4, 0.5) is 10.3 Å². The fraction of sp³-hybridized carbons (Fsp3) is 0.133. The van der Waals surface area contributed by atoms with Gasteiger partial charge in [-0.1, -0.05) is 18.2 Å². The highest BCUT2D eigenvalue weighted by molar-refractivity contribution is 5.27. The smallest absolute Gasteiger partial charge is 0.274 e. The second kappa shape index (κ2) is 6.21. The number of nitrogens with one attached hydrogen (secondary N) is 2. The molecule has 0 aliphatic heterocycles. The van der Waals surface area contributed by atoms with E-state index in [-0.39, 0.29) is 36.0 Å². The van der Waals surface area contributed by atoms with Gasteiger partial charge in [0.1, 0.15) is 17.3 Å². The van der Waals surface area contributed by atoms with Crippen LogP contribution in [0.1, 0.15) is 17.0 Å². The number of anilines is 1. The summed E-state index contributed by atoms with van der Waals surface area (Å²) >= 11 is 0. The summed E-state index contributed by atoms with van der Waals surface area (Å²) in [6, 6.07) is 9.87. The van der Waals surface area contributed by atoms with Gasteiger partial charge in [0.15, 0.2) is 0 Å². The van der Waals surface area contributed by atoms with Crippen molar-refractivity contribution in [3.05, 3.63) is 75.9 Å². The molecule has 0 aliphatic carbocycles. The maximum Gasteiger partial charge on any atom is 0.274 e. The second-order valence-corrected chi connectivity index (χ2v) is 4.65. The molecule has 0 fully saturated rings. The molecule has 0 amide bonds. The lowest BCUT2D eigenvalue weighted by Gasteiger charge is -2.06. The first-order valence-corrected chi connectivity index (χ1v) is 6.68. The molecule has 0 radical (unpaired) electrons. The van der Waals surface area contributed by atoms with Crippen molar-refractivity contribution in [2.45, 2.75) is 13.0 Å². The molecule has 22 heavy (non-hydrogen) atoms. The standard InChI is InChI=1S/C15H13FN4O2/c16-12-6-2-1-4-10(12)9-17-15-18-14(21)13(19-20-15)8-11-5-3-7-22-11/h1-7H,8-9H2,(H2,17,18,20,21). The number of furan rings is 1. The topological polar surface area (TPSA) is 83.8 Å². The number of nitrogens with zero attached hydrogens (tertiary/aromatic N) is 2. The van der Waals surface area contributed by atoms with E-state index in [1.165, 1.54) is 12.3 Å². The largest absolute Gasteiger partial charge is 0.469 e. The van der Waals surface area contributed by atoms with Gasteiger partial charge in [-0.05, 0) is 18.2 Å². The van der Waals surface area contributed by atoms with Gasteiger partial charge in [-0.2, -0.15) is 0 Å². The lowest BCUT2D eigenvalue weighted by atomic mass is 10.2. The molecule has 3 rings (SSSR count). The number of H-pyrrole nitrogens is 1. The van der Waals surface area contributed by atoms with E-state index in [4.69, 9.17) is 4.42 Å². The number of hydrogen-bond donors (Lipinski definition) is 2. The van der Waals surface area contributed by atoms with Gasteiger partial charge >= 0.3 is 0 Å². The van der Waals surface area contributed by atoms with Gasteiger partial charge in [0, 0.05) is 12.1 Å². The van der Waals surface area contributed by atoms with Gasteiger partial charge < -0.3 is 9.73 Å². The summed E-state index contributed by atoms with van der Waals surface area (Å²) in [7, 11) is 0. The van der Waals surface area contributed by atoms with Gasteiger partial charge in [0.05, 0.1) is 12.7 Å². The van der Waals surface area contributed by atoms with Gasteiger partial charge in [0.2, 0.25) is 5.95 Å². The SMILES string of the molecule is O=c1[nH]c(NCc2ccccc2F)nnc1Cc1ccco1. The number of aromatic nitrogens is 3. The van der Waals surface area contributed by atoms with Crippen LogP contribution in [0.15, 0.2) is 51.9 Å². The first kappa shape index (κ1) is 14.0. The van der Waals surface area contributed by atoms with Gasteiger partial charge in [-0.25, -0.2) is 4.39 Å². The van der Waals surface area contributed by atoms with Crippen LogP contribution in [0.3, 0.4) is 0 Å². The van der Waals surface area contributed by atoms with Crippen molar-refractivity contribution in [3.63, 3.8) is 0 Å². The molecule has 3 aromatic rings. The van der Waals surface area contributed by atoms with Crippen LogP contribution in [0.2, 0.25) is 0 Å². The fourth-order valence-electron chi connectivity index (χ4n) is 1.95.